The second-order valence-corrected chi connectivity index (χ2v) is 7.17. The number of nitrogens with zero attached hydrogens (tertiary/aromatic N) is 3. The SMILES string of the molecule is Cn1c(=O)[nH]c(=O)c2c1nc(SCc1ccccc1)n2Cc1ccccc1. The van der Waals surface area contributed by atoms with Crippen LogP contribution in [0.1, 0.15) is 11.1 Å². The topological polar surface area (TPSA) is 72.7 Å². The Labute approximate surface area is 159 Å². The van der Waals surface area contributed by atoms with Crippen molar-refractivity contribution in [2.24, 2.45) is 7.05 Å². The molecule has 2 aromatic carbocycles. The van der Waals surface area contributed by atoms with E-state index in [-0.39, 0.29) is 0 Å². The lowest BCUT2D eigenvalue weighted by Crippen LogP contribution is -2.29. The van der Waals surface area contributed by atoms with E-state index in [1.807, 2.05) is 53.1 Å². The van der Waals surface area contributed by atoms with Crippen molar-refractivity contribution in [3.8, 4) is 0 Å². The first kappa shape index (κ1) is 17.4. The number of fused-ring (bicyclic) bond motifs is 1. The normalized spacial score (nSPS) is 11.1. The Balaban J connectivity index is 1.82. The lowest BCUT2D eigenvalue weighted by atomic mass is 10.2. The molecule has 0 spiro atoms. The summed E-state index contributed by atoms with van der Waals surface area (Å²) >= 11 is 1.55. The molecule has 0 aliphatic heterocycles. The number of nitrogens with one attached hydrogen (secondary N) is 1. The number of aryl methyl sites for hydroxylation is 1. The third-order valence-electron chi connectivity index (χ3n) is 4.37. The minimum atomic E-state index is -0.462. The van der Waals surface area contributed by atoms with Gasteiger partial charge in [0.15, 0.2) is 16.3 Å². The predicted octanol–water partition coefficient (Wildman–Crippen LogP) is 2.76. The van der Waals surface area contributed by atoms with E-state index in [1.54, 1.807) is 18.8 Å². The van der Waals surface area contributed by atoms with Gasteiger partial charge in [-0.3, -0.25) is 14.3 Å². The number of benzene rings is 2. The van der Waals surface area contributed by atoms with Gasteiger partial charge in [-0.05, 0) is 11.1 Å². The van der Waals surface area contributed by atoms with Gasteiger partial charge in [0.05, 0.1) is 6.54 Å². The van der Waals surface area contributed by atoms with Crippen LogP contribution in [0.3, 0.4) is 0 Å². The summed E-state index contributed by atoms with van der Waals surface area (Å²) in [5.74, 6) is 0.727. The van der Waals surface area contributed by atoms with Crippen molar-refractivity contribution < 1.29 is 0 Å². The van der Waals surface area contributed by atoms with Gasteiger partial charge in [-0.1, -0.05) is 72.4 Å². The quantitative estimate of drug-likeness (QED) is 0.542. The second-order valence-electron chi connectivity index (χ2n) is 6.23. The van der Waals surface area contributed by atoms with Crippen molar-refractivity contribution in [3.63, 3.8) is 0 Å². The average Bonchev–Trinajstić information content (AvgIpc) is 3.05. The summed E-state index contributed by atoms with van der Waals surface area (Å²) in [5, 5.41) is 0.712. The third-order valence-corrected chi connectivity index (χ3v) is 5.41. The van der Waals surface area contributed by atoms with Crippen molar-refractivity contribution in [1.82, 2.24) is 19.1 Å². The third kappa shape index (κ3) is 3.46. The van der Waals surface area contributed by atoms with Crippen molar-refractivity contribution in [2.75, 3.05) is 0 Å². The van der Waals surface area contributed by atoms with Gasteiger partial charge in [0, 0.05) is 12.8 Å². The lowest BCUT2D eigenvalue weighted by Gasteiger charge is -2.09. The van der Waals surface area contributed by atoms with Gasteiger partial charge in [0.1, 0.15) is 0 Å². The van der Waals surface area contributed by atoms with Crippen LogP contribution in [-0.2, 0) is 19.3 Å². The monoisotopic (exact) mass is 378 g/mol. The zero-order chi connectivity index (χ0) is 18.8. The predicted molar refractivity (Wildman–Crippen MR) is 107 cm³/mol. The summed E-state index contributed by atoms with van der Waals surface area (Å²) in [6.45, 7) is 0.510. The van der Waals surface area contributed by atoms with Crippen LogP contribution in [0.5, 0.6) is 0 Å². The van der Waals surface area contributed by atoms with Gasteiger partial charge in [0.25, 0.3) is 5.56 Å². The van der Waals surface area contributed by atoms with Crippen LogP contribution < -0.4 is 11.2 Å². The van der Waals surface area contributed by atoms with Crippen LogP contribution in [0.2, 0.25) is 0 Å². The maximum atomic E-state index is 12.5. The molecule has 0 amide bonds. The zero-order valence-electron chi connectivity index (χ0n) is 14.8. The molecule has 0 bridgehead atoms. The molecule has 7 heteroatoms. The number of hydrogen-bond acceptors (Lipinski definition) is 4. The van der Waals surface area contributed by atoms with Crippen LogP contribution in [0, 0.1) is 0 Å². The Kier molecular flexibility index (Phi) is 4.68. The number of aromatic amines is 1. The number of aromatic nitrogens is 4. The van der Waals surface area contributed by atoms with E-state index in [4.69, 9.17) is 0 Å². The van der Waals surface area contributed by atoms with Gasteiger partial charge in [-0.25, -0.2) is 9.78 Å². The van der Waals surface area contributed by atoms with E-state index in [2.05, 4.69) is 22.1 Å². The molecule has 0 unspecified atom stereocenters. The maximum Gasteiger partial charge on any atom is 0.329 e. The summed E-state index contributed by atoms with van der Waals surface area (Å²) < 4.78 is 3.27. The fraction of sp³-hybridized carbons (Fsp3) is 0.150. The Morgan fingerprint density at radius 1 is 0.963 bits per heavy atom. The van der Waals surface area contributed by atoms with Crippen LogP contribution in [-0.4, -0.2) is 19.1 Å². The van der Waals surface area contributed by atoms with Crippen molar-refractivity contribution in [1.29, 1.82) is 0 Å². The first-order valence-electron chi connectivity index (χ1n) is 8.53. The summed E-state index contributed by atoms with van der Waals surface area (Å²) in [5.41, 5.74) is 2.17. The molecule has 6 nitrogen and oxygen atoms in total. The summed E-state index contributed by atoms with van der Waals surface area (Å²) in [4.78, 5) is 31.5. The molecular formula is C20H18N4O2S. The molecule has 0 aliphatic rings. The summed E-state index contributed by atoms with van der Waals surface area (Å²) in [7, 11) is 1.62. The summed E-state index contributed by atoms with van der Waals surface area (Å²) in [6.07, 6.45) is 0. The van der Waals surface area contributed by atoms with E-state index in [1.165, 1.54) is 10.1 Å². The molecule has 0 atom stereocenters. The van der Waals surface area contributed by atoms with E-state index < -0.39 is 11.2 Å². The average molecular weight is 378 g/mol. The van der Waals surface area contributed by atoms with Crippen LogP contribution in [0.4, 0.5) is 0 Å². The smallest absolute Gasteiger partial charge is 0.309 e. The number of thioether (sulfide) groups is 1. The Bertz CT molecular complexity index is 1190. The zero-order valence-corrected chi connectivity index (χ0v) is 15.6. The Morgan fingerprint density at radius 3 is 2.26 bits per heavy atom. The Hall–Kier alpha value is -3.06. The molecular weight excluding hydrogens is 360 g/mol. The minimum absolute atomic E-state index is 0.398. The van der Waals surface area contributed by atoms with Gasteiger partial charge in [0.2, 0.25) is 0 Å². The fourth-order valence-corrected chi connectivity index (χ4v) is 3.91. The molecule has 0 aliphatic carbocycles. The van der Waals surface area contributed by atoms with Crippen molar-refractivity contribution >= 4 is 22.9 Å². The molecule has 136 valence electrons. The first-order chi connectivity index (χ1) is 13.1. The number of H-pyrrole nitrogens is 1. The second kappa shape index (κ2) is 7.28. The molecule has 0 radical (unpaired) electrons. The number of imidazole rings is 1. The maximum absolute atomic E-state index is 12.5. The molecule has 2 heterocycles. The van der Waals surface area contributed by atoms with Gasteiger partial charge < -0.3 is 4.57 Å². The van der Waals surface area contributed by atoms with Gasteiger partial charge >= 0.3 is 5.69 Å². The molecule has 0 saturated carbocycles. The molecule has 27 heavy (non-hydrogen) atoms. The van der Waals surface area contributed by atoms with E-state index in [9.17, 15) is 9.59 Å². The first-order valence-corrected chi connectivity index (χ1v) is 9.52. The van der Waals surface area contributed by atoms with E-state index in [0.29, 0.717) is 22.9 Å². The molecule has 2 aromatic heterocycles. The molecule has 0 fully saturated rings. The highest BCUT2D eigenvalue weighted by Gasteiger charge is 2.18. The summed E-state index contributed by atoms with van der Waals surface area (Å²) in [6, 6.07) is 20.0. The molecule has 0 saturated heterocycles. The van der Waals surface area contributed by atoms with Crippen molar-refractivity contribution in [2.45, 2.75) is 17.5 Å². The van der Waals surface area contributed by atoms with Crippen molar-refractivity contribution in [3.05, 3.63) is 92.6 Å². The number of rotatable bonds is 5. The Morgan fingerprint density at radius 2 is 1.59 bits per heavy atom. The molecule has 4 aromatic rings. The van der Waals surface area contributed by atoms with Crippen LogP contribution >= 0.6 is 11.8 Å². The molecule has 4 rings (SSSR count). The number of hydrogen-bond donors (Lipinski definition) is 1. The fourth-order valence-electron chi connectivity index (χ4n) is 2.96. The highest BCUT2D eigenvalue weighted by molar-refractivity contribution is 7.98. The van der Waals surface area contributed by atoms with E-state index in [0.717, 1.165) is 11.3 Å². The highest BCUT2D eigenvalue weighted by Crippen LogP contribution is 2.25. The highest BCUT2D eigenvalue weighted by atomic mass is 32.2. The standard InChI is InChI=1S/C20H18N4O2S/c1-23-17-16(18(25)22-19(23)26)24(12-14-8-4-2-5-9-14)20(21-17)27-13-15-10-6-3-7-11-15/h2-11H,12-13H2,1H3,(H,22,25,26). The van der Waals surface area contributed by atoms with Crippen LogP contribution in [0.25, 0.3) is 11.2 Å². The van der Waals surface area contributed by atoms with E-state index >= 15 is 0 Å². The molecule has 1 N–H and O–H groups in total. The largest absolute Gasteiger partial charge is 0.329 e. The lowest BCUT2D eigenvalue weighted by molar-refractivity contribution is 0.728. The van der Waals surface area contributed by atoms with Gasteiger partial charge in [-0.2, -0.15) is 0 Å². The minimum Gasteiger partial charge on any atom is -0.309 e. The van der Waals surface area contributed by atoms with Crippen LogP contribution in [0.15, 0.2) is 75.4 Å². The van der Waals surface area contributed by atoms with Gasteiger partial charge in [-0.15, -0.1) is 0 Å².